The van der Waals surface area contributed by atoms with Gasteiger partial charge in [-0.3, -0.25) is 0 Å². The van der Waals surface area contributed by atoms with E-state index in [2.05, 4.69) is 0 Å². The molecule has 0 bridgehead atoms. The lowest BCUT2D eigenvalue weighted by atomic mass is 9.99. The maximum Gasteiger partial charge on any atom is 0.106 e. The van der Waals surface area contributed by atoms with Crippen molar-refractivity contribution in [2.24, 2.45) is 5.73 Å². The molecule has 1 unspecified atom stereocenters. The lowest BCUT2D eigenvalue weighted by molar-refractivity contribution is 0.499. The maximum absolute atomic E-state index is 6.23. The topological polar surface area (TPSA) is 39.2 Å². The SMILES string of the molecule is Cc1cc(C(N)c2ccc(C)c(Cl)c2)c(C)o1. The molecular weight excluding hydrogens is 234 g/mol. The zero-order valence-corrected chi connectivity index (χ0v) is 11.0. The van der Waals surface area contributed by atoms with Crippen molar-refractivity contribution in [2.75, 3.05) is 0 Å². The third kappa shape index (κ3) is 2.38. The van der Waals surface area contributed by atoms with Crippen LogP contribution in [0.2, 0.25) is 5.02 Å². The first kappa shape index (κ1) is 12.2. The standard InChI is InChI=1S/C14H16ClNO/c1-8-4-5-11(7-13(8)15)14(16)12-6-9(2)17-10(12)3/h4-7,14H,16H2,1-3H3. The molecule has 0 aliphatic rings. The van der Waals surface area contributed by atoms with Crippen molar-refractivity contribution in [2.45, 2.75) is 26.8 Å². The number of hydrogen-bond donors (Lipinski definition) is 1. The van der Waals surface area contributed by atoms with Crippen LogP contribution in [-0.2, 0) is 0 Å². The Morgan fingerprint density at radius 3 is 2.41 bits per heavy atom. The van der Waals surface area contributed by atoms with E-state index in [1.807, 2.05) is 45.0 Å². The van der Waals surface area contributed by atoms with Gasteiger partial charge < -0.3 is 10.2 Å². The quantitative estimate of drug-likeness (QED) is 0.877. The van der Waals surface area contributed by atoms with Crippen molar-refractivity contribution in [1.82, 2.24) is 0 Å². The number of aryl methyl sites for hydroxylation is 3. The molecule has 0 fully saturated rings. The van der Waals surface area contributed by atoms with Crippen molar-refractivity contribution >= 4 is 11.6 Å². The van der Waals surface area contributed by atoms with Crippen molar-refractivity contribution in [3.05, 3.63) is 57.5 Å². The monoisotopic (exact) mass is 249 g/mol. The predicted octanol–water partition coefficient (Wildman–Crippen LogP) is 3.91. The molecule has 1 aromatic heterocycles. The fourth-order valence-electron chi connectivity index (χ4n) is 1.94. The number of benzene rings is 1. The maximum atomic E-state index is 6.23. The highest BCUT2D eigenvalue weighted by atomic mass is 35.5. The largest absolute Gasteiger partial charge is 0.466 e. The highest BCUT2D eigenvalue weighted by molar-refractivity contribution is 6.31. The highest BCUT2D eigenvalue weighted by Gasteiger charge is 2.15. The van der Waals surface area contributed by atoms with Crippen LogP contribution >= 0.6 is 11.6 Å². The molecule has 0 saturated heterocycles. The molecule has 0 aliphatic heterocycles. The molecule has 3 heteroatoms. The summed E-state index contributed by atoms with van der Waals surface area (Å²) >= 11 is 6.11. The van der Waals surface area contributed by atoms with Crippen LogP contribution in [0.4, 0.5) is 0 Å². The van der Waals surface area contributed by atoms with E-state index in [-0.39, 0.29) is 6.04 Å². The van der Waals surface area contributed by atoms with Crippen molar-refractivity contribution in [3.63, 3.8) is 0 Å². The number of rotatable bonds is 2. The van der Waals surface area contributed by atoms with Gasteiger partial charge in [0.1, 0.15) is 11.5 Å². The summed E-state index contributed by atoms with van der Waals surface area (Å²) in [5.74, 6) is 1.75. The van der Waals surface area contributed by atoms with E-state index in [9.17, 15) is 0 Å². The Morgan fingerprint density at radius 2 is 1.88 bits per heavy atom. The fraction of sp³-hybridized carbons (Fsp3) is 0.286. The van der Waals surface area contributed by atoms with E-state index in [1.54, 1.807) is 0 Å². The highest BCUT2D eigenvalue weighted by Crippen LogP contribution is 2.28. The predicted molar refractivity (Wildman–Crippen MR) is 70.4 cm³/mol. The van der Waals surface area contributed by atoms with E-state index in [1.165, 1.54) is 0 Å². The van der Waals surface area contributed by atoms with E-state index in [0.29, 0.717) is 0 Å². The first-order valence-corrected chi connectivity index (χ1v) is 5.95. The minimum absolute atomic E-state index is 0.189. The number of hydrogen-bond acceptors (Lipinski definition) is 2. The first-order valence-electron chi connectivity index (χ1n) is 5.57. The number of halogens is 1. The molecular formula is C14H16ClNO. The van der Waals surface area contributed by atoms with Gasteiger partial charge in [-0.15, -0.1) is 0 Å². The Labute approximate surface area is 106 Å². The van der Waals surface area contributed by atoms with Gasteiger partial charge in [0, 0.05) is 10.6 Å². The van der Waals surface area contributed by atoms with E-state index >= 15 is 0 Å². The average molecular weight is 250 g/mol. The van der Waals surface area contributed by atoms with Gasteiger partial charge in [0.05, 0.1) is 6.04 Å². The average Bonchev–Trinajstić information content (AvgIpc) is 2.61. The molecule has 1 atom stereocenters. The Kier molecular flexibility index (Phi) is 3.27. The summed E-state index contributed by atoms with van der Waals surface area (Å²) in [6.07, 6.45) is 0. The summed E-state index contributed by atoms with van der Waals surface area (Å²) in [6.45, 7) is 5.83. The molecule has 0 aliphatic carbocycles. The second-order valence-electron chi connectivity index (χ2n) is 4.35. The summed E-state index contributed by atoms with van der Waals surface area (Å²) in [4.78, 5) is 0. The zero-order valence-electron chi connectivity index (χ0n) is 10.3. The van der Waals surface area contributed by atoms with Crippen LogP contribution in [0.15, 0.2) is 28.7 Å². The van der Waals surface area contributed by atoms with E-state index < -0.39 is 0 Å². The van der Waals surface area contributed by atoms with Gasteiger partial charge >= 0.3 is 0 Å². The first-order chi connectivity index (χ1) is 7.99. The molecule has 1 heterocycles. The smallest absolute Gasteiger partial charge is 0.106 e. The van der Waals surface area contributed by atoms with Crippen molar-refractivity contribution < 1.29 is 4.42 Å². The Hall–Kier alpha value is -1.25. The van der Waals surface area contributed by atoms with Crippen LogP contribution in [0.1, 0.15) is 34.3 Å². The minimum Gasteiger partial charge on any atom is -0.466 e. The fourth-order valence-corrected chi connectivity index (χ4v) is 2.13. The van der Waals surface area contributed by atoms with Gasteiger partial charge in [0.15, 0.2) is 0 Å². The van der Waals surface area contributed by atoms with Crippen LogP contribution in [0.5, 0.6) is 0 Å². The van der Waals surface area contributed by atoms with E-state index in [0.717, 1.165) is 33.2 Å². The molecule has 2 aromatic rings. The summed E-state index contributed by atoms with van der Waals surface area (Å²) in [6, 6.07) is 7.70. The van der Waals surface area contributed by atoms with Crippen LogP contribution in [0.3, 0.4) is 0 Å². The molecule has 2 nitrogen and oxygen atoms in total. The lowest BCUT2D eigenvalue weighted by Crippen LogP contribution is -2.12. The van der Waals surface area contributed by atoms with Gasteiger partial charge in [0.25, 0.3) is 0 Å². The summed E-state index contributed by atoms with van der Waals surface area (Å²) in [7, 11) is 0. The van der Waals surface area contributed by atoms with Gasteiger partial charge in [-0.25, -0.2) is 0 Å². The Morgan fingerprint density at radius 1 is 1.18 bits per heavy atom. The van der Waals surface area contributed by atoms with Crippen molar-refractivity contribution in [1.29, 1.82) is 0 Å². The summed E-state index contributed by atoms with van der Waals surface area (Å²) < 4.78 is 5.50. The van der Waals surface area contributed by atoms with Gasteiger partial charge in [0.2, 0.25) is 0 Å². The second kappa shape index (κ2) is 4.55. The molecule has 0 spiro atoms. The Balaban J connectivity index is 2.40. The summed E-state index contributed by atoms with van der Waals surface area (Å²) in [5, 5.41) is 0.746. The molecule has 90 valence electrons. The molecule has 0 saturated carbocycles. The molecule has 0 amide bonds. The third-order valence-electron chi connectivity index (χ3n) is 2.97. The van der Waals surface area contributed by atoms with Crippen LogP contribution < -0.4 is 5.73 Å². The normalized spacial score (nSPS) is 12.8. The van der Waals surface area contributed by atoms with E-state index in [4.69, 9.17) is 21.8 Å². The Bertz CT molecular complexity index is 545. The van der Waals surface area contributed by atoms with Gasteiger partial charge in [-0.1, -0.05) is 23.7 Å². The number of furan rings is 1. The van der Waals surface area contributed by atoms with Crippen LogP contribution in [0, 0.1) is 20.8 Å². The van der Waals surface area contributed by atoms with Gasteiger partial charge in [-0.05, 0) is 44.0 Å². The third-order valence-corrected chi connectivity index (χ3v) is 3.38. The van der Waals surface area contributed by atoms with Crippen molar-refractivity contribution in [3.8, 4) is 0 Å². The van der Waals surface area contributed by atoms with Crippen LogP contribution in [0.25, 0.3) is 0 Å². The minimum atomic E-state index is -0.189. The molecule has 0 radical (unpaired) electrons. The second-order valence-corrected chi connectivity index (χ2v) is 4.76. The summed E-state index contributed by atoms with van der Waals surface area (Å²) in [5.41, 5.74) is 9.31. The molecule has 2 N–H and O–H groups in total. The number of nitrogens with two attached hydrogens (primary N) is 1. The van der Waals surface area contributed by atoms with Crippen LogP contribution in [-0.4, -0.2) is 0 Å². The van der Waals surface area contributed by atoms with Gasteiger partial charge in [-0.2, -0.15) is 0 Å². The lowest BCUT2D eigenvalue weighted by Gasteiger charge is -2.12. The molecule has 2 rings (SSSR count). The zero-order chi connectivity index (χ0) is 12.6. The molecule has 1 aromatic carbocycles. The molecule has 17 heavy (non-hydrogen) atoms.